The Morgan fingerprint density at radius 3 is 2.97 bits per heavy atom. The van der Waals surface area contributed by atoms with Gasteiger partial charge >= 0.3 is 0 Å². The quantitative estimate of drug-likeness (QED) is 0.552. The Labute approximate surface area is 212 Å². The van der Waals surface area contributed by atoms with Crippen molar-refractivity contribution in [2.24, 2.45) is 0 Å². The maximum Gasteiger partial charge on any atom is 0.274 e. The maximum absolute atomic E-state index is 13.1. The molecule has 0 aliphatic carbocycles. The second-order valence-electron chi connectivity index (χ2n) is 9.09. The minimum Gasteiger partial charge on any atom is -0.489 e. The van der Waals surface area contributed by atoms with Crippen LogP contribution in [-0.4, -0.2) is 75.3 Å². The number of likely N-dealkylation sites (tertiary alicyclic amines) is 1. The fourth-order valence-corrected chi connectivity index (χ4v) is 4.66. The van der Waals surface area contributed by atoms with E-state index in [4.69, 9.17) is 18.9 Å². The molecule has 12 heteroatoms. The van der Waals surface area contributed by atoms with Gasteiger partial charge in [0.2, 0.25) is 12.7 Å². The van der Waals surface area contributed by atoms with Crippen molar-refractivity contribution in [3.63, 3.8) is 0 Å². The standard InChI is InChI=1S/C25H26N6O6/c32-23(6-4-16-3-5-19-21(10-16)37-15-36-19)30-12-18-22(13-30)35-14-17-11-31(29-28-17)8-9-34-20-2-1-7-26-24(20)25(33)27-18/h1-3,5,7,10-11,18,22H,4,6,8-9,12-15H2,(H,27,33)/t18-,22-/m0/s1. The van der Waals surface area contributed by atoms with Crippen LogP contribution in [0.25, 0.3) is 0 Å². The lowest BCUT2D eigenvalue weighted by atomic mass is 10.1. The van der Waals surface area contributed by atoms with E-state index in [1.54, 1.807) is 34.1 Å². The summed E-state index contributed by atoms with van der Waals surface area (Å²) in [6, 6.07) is 8.69. The molecule has 1 N–H and O–H groups in total. The molecule has 2 atom stereocenters. The molecular weight excluding hydrogens is 480 g/mol. The van der Waals surface area contributed by atoms with Gasteiger partial charge in [-0.15, -0.1) is 5.10 Å². The highest BCUT2D eigenvalue weighted by molar-refractivity contribution is 5.95. The monoisotopic (exact) mass is 506 g/mol. The molecule has 192 valence electrons. The lowest BCUT2D eigenvalue weighted by Crippen LogP contribution is -2.44. The molecule has 3 aliphatic rings. The van der Waals surface area contributed by atoms with Gasteiger partial charge in [0.25, 0.3) is 5.91 Å². The number of carbonyl (C=O) groups is 2. The van der Waals surface area contributed by atoms with E-state index in [0.717, 1.165) is 5.56 Å². The van der Waals surface area contributed by atoms with E-state index in [1.165, 1.54) is 0 Å². The molecule has 1 fully saturated rings. The summed E-state index contributed by atoms with van der Waals surface area (Å²) in [5, 5.41) is 11.3. The second-order valence-corrected chi connectivity index (χ2v) is 9.09. The molecule has 1 aromatic carbocycles. The Morgan fingerprint density at radius 1 is 1.11 bits per heavy atom. The van der Waals surface area contributed by atoms with Crippen LogP contribution in [0.4, 0.5) is 0 Å². The van der Waals surface area contributed by atoms with Crippen molar-refractivity contribution in [3.8, 4) is 17.2 Å². The highest BCUT2D eigenvalue weighted by Gasteiger charge is 2.37. The normalized spacial score (nSPS) is 20.9. The zero-order chi connectivity index (χ0) is 25.2. The number of aromatic nitrogens is 4. The second kappa shape index (κ2) is 10.1. The van der Waals surface area contributed by atoms with Crippen molar-refractivity contribution in [2.75, 3.05) is 26.5 Å². The van der Waals surface area contributed by atoms with Gasteiger partial charge in [-0.25, -0.2) is 9.67 Å². The van der Waals surface area contributed by atoms with Crippen LogP contribution in [0.5, 0.6) is 17.2 Å². The molecule has 0 unspecified atom stereocenters. The summed E-state index contributed by atoms with van der Waals surface area (Å²) in [6.45, 7) is 1.86. The van der Waals surface area contributed by atoms with Gasteiger partial charge in [-0.05, 0) is 36.2 Å². The van der Waals surface area contributed by atoms with Crippen LogP contribution in [0.3, 0.4) is 0 Å². The first-order chi connectivity index (χ1) is 18.1. The Morgan fingerprint density at radius 2 is 2.03 bits per heavy atom. The summed E-state index contributed by atoms with van der Waals surface area (Å²) in [6.07, 6.45) is 3.81. The van der Waals surface area contributed by atoms with E-state index < -0.39 is 12.1 Å². The zero-order valence-corrected chi connectivity index (χ0v) is 20.0. The fourth-order valence-electron chi connectivity index (χ4n) is 4.66. The molecule has 12 nitrogen and oxygen atoms in total. The summed E-state index contributed by atoms with van der Waals surface area (Å²) in [5.74, 6) is 1.39. The molecule has 0 spiro atoms. The van der Waals surface area contributed by atoms with Gasteiger partial charge in [-0.3, -0.25) is 9.59 Å². The van der Waals surface area contributed by atoms with Gasteiger partial charge in [0.15, 0.2) is 22.9 Å². The van der Waals surface area contributed by atoms with Crippen molar-refractivity contribution in [2.45, 2.75) is 38.1 Å². The topological polar surface area (TPSA) is 130 Å². The van der Waals surface area contributed by atoms with E-state index in [2.05, 4.69) is 20.6 Å². The van der Waals surface area contributed by atoms with Crippen molar-refractivity contribution < 1.29 is 28.5 Å². The number of pyridine rings is 1. The fraction of sp³-hybridized carbons (Fsp3) is 0.400. The van der Waals surface area contributed by atoms with E-state index in [1.807, 2.05) is 18.2 Å². The summed E-state index contributed by atoms with van der Waals surface area (Å²) >= 11 is 0. The highest BCUT2D eigenvalue weighted by atomic mass is 16.7. The van der Waals surface area contributed by atoms with Crippen molar-refractivity contribution in [3.05, 3.63) is 59.7 Å². The lowest BCUT2D eigenvalue weighted by Gasteiger charge is -2.20. The van der Waals surface area contributed by atoms with Crippen molar-refractivity contribution in [1.82, 2.24) is 30.2 Å². The summed E-state index contributed by atoms with van der Waals surface area (Å²) in [4.78, 5) is 32.2. The van der Waals surface area contributed by atoms with Gasteiger partial charge in [-0.2, -0.15) is 0 Å². The van der Waals surface area contributed by atoms with Gasteiger partial charge < -0.3 is 29.2 Å². The third-order valence-electron chi connectivity index (χ3n) is 6.60. The highest BCUT2D eigenvalue weighted by Crippen LogP contribution is 2.33. The number of amides is 2. The molecule has 37 heavy (non-hydrogen) atoms. The molecule has 2 amide bonds. The molecule has 0 radical (unpaired) electrons. The Bertz CT molecular complexity index is 1310. The summed E-state index contributed by atoms with van der Waals surface area (Å²) < 4.78 is 24.4. The molecule has 2 bridgehead atoms. The molecule has 0 saturated carbocycles. The van der Waals surface area contributed by atoms with Crippen LogP contribution in [-0.2, 0) is 29.1 Å². The van der Waals surface area contributed by atoms with Crippen LogP contribution in [0.15, 0.2) is 42.7 Å². The number of aryl methyl sites for hydroxylation is 1. The summed E-state index contributed by atoms with van der Waals surface area (Å²) in [5.41, 5.74) is 1.84. The third-order valence-corrected chi connectivity index (χ3v) is 6.60. The molecule has 1 saturated heterocycles. The van der Waals surface area contributed by atoms with Gasteiger partial charge in [-0.1, -0.05) is 11.3 Å². The van der Waals surface area contributed by atoms with Gasteiger partial charge in [0.1, 0.15) is 12.3 Å². The number of ether oxygens (including phenoxy) is 4. The first-order valence-corrected chi connectivity index (χ1v) is 12.2. The first kappa shape index (κ1) is 23.2. The SMILES string of the molecule is O=C1N[C@H]2CN(C(=O)CCc3ccc4c(c3)OCO4)C[C@@H]2OCc2cn(nn2)CCOc2cccnc21. The number of rotatable bonds is 3. The number of hydrogen-bond donors (Lipinski definition) is 1. The maximum atomic E-state index is 13.1. The predicted octanol–water partition coefficient (Wildman–Crippen LogP) is 0.953. The Balaban J connectivity index is 1.17. The molecular formula is C25H26N6O6. The van der Waals surface area contributed by atoms with Crippen LogP contribution in [0, 0.1) is 0 Å². The van der Waals surface area contributed by atoms with Crippen LogP contribution in [0.1, 0.15) is 28.2 Å². The van der Waals surface area contributed by atoms with Crippen molar-refractivity contribution >= 4 is 11.8 Å². The third kappa shape index (κ3) is 5.05. The van der Waals surface area contributed by atoms with E-state index in [-0.39, 0.29) is 30.9 Å². The average Bonchev–Trinajstić information content (AvgIpc) is 3.65. The first-order valence-electron chi connectivity index (χ1n) is 12.2. The average molecular weight is 507 g/mol. The minimum atomic E-state index is -0.421. The zero-order valence-electron chi connectivity index (χ0n) is 20.0. The van der Waals surface area contributed by atoms with Crippen LogP contribution >= 0.6 is 0 Å². The van der Waals surface area contributed by atoms with Gasteiger partial charge in [0.05, 0.1) is 31.5 Å². The molecule has 2 aromatic heterocycles. The summed E-state index contributed by atoms with van der Waals surface area (Å²) in [7, 11) is 0. The number of nitrogens with one attached hydrogen (secondary N) is 1. The number of hydrogen-bond acceptors (Lipinski definition) is 9. The van der Waals surface area contributed by atoms with Gasteiger partial charge in [0, 0.05) is 25.7 Å². The Hall–Kier alpha value is -4.19. The predicted molar refractivity (Wildman–Crippen MR) is 127 cm³/mol. The molecule has 3 aromatic rings. The largest absolute Gasteiger partial charge is 0.489 e. The number of fused-ring (bicyclic) bond motifs is 5. The van der Waals surface area contributed by atoms with E-state index in [9.17, 15) is 9.59 Å². The minimum absolute atomic E-state index is 0.0197. The Kier molecular flexibility index (Phi) is 6.31. The van der Waals surface area contributed by atoms with Crippen LogP contribution < -0.4 is 19.5 Å². The van der Waals surface area contributed by atoms with Crippen molar-refractivity contribution in [1.29, 1.82) is 0 Å². The van der Waals surface area contributed by atoms with Crippen LogP contribution in [0.2, 0.25) is 0 Å². The number of carbonyl (C=O) groups excluding carboxylic acids is 2. The molecule has 5 heterocycles. The van der Waals surface area contributed by atoms with E-state index >= 15 is 0 Å². The number of nitrogens with zero attached hydrogens (tertiary/aromatic N) is 5. The molecule has 3 aliphatic heterocycles. The lowest BCUT2D eigenvalue weighted by molar-refractivity contribution is -0.130. The van der Waals surface area contributed by atoms with E-state index in [0.29, 0.717) is 62.0 Å². The molecule has 6 rings (SSSR count). The smallest absolute Gasteiger partial charge is 0.274 e. The number of benzene rings is 1.